The van der Waals surface area contributed by atoms with E-state index in [0.717, 1.165) is 36.3 Å². The number of nitrogens with one attached hydrogen (secondary N) is 1. The van der Waals surface area contributed by atoms with Gasteiger partial charge in [0.05, 0.1) is 5.54 Å². The number of carbonyl (C=O) groups is 1. The molecule has 1 aliphatic carbocycles. The fourth-order valence-corrected chi connectivity index (χ4v) is 3.38. The van der Waals surface area contributed by atoms with Gasteiger partial charge in [-0.05, 0) is 24.5 Å². The molecule has 124 valence electrons. The number of benzene rings is 1. The first kappa shape index (κ1) is 19.3. The smallest absolute Gasteiger partial charge is 0.240 e. The zero-order valence-corrected chi connectivity index (χ0v) is 14.9. The molecule has 0 radical (unpaired) electrons. The largest absolute Gasteiger partial charge is 0.354 e. The van der Waals surface area contributed by atoms with Crippen LogP contribution in [0.4, 0.5) is 0 Å². The summed E-state index contributed by atoms with van der Waals surface area (Å²) >= 11 is 6.26. The van der Waals surface area contributed by atoms with Crippen molar-refractivity contribution in [2.45, 2.75) is 56.9 Å². The van der Waals surface area contributed by atoms with Crippen molar-refractivity contribution in [2.24, 2.45) is 5.73 Å². The predicted octanol–water partition coefficient (Wildman–Crippen LogP) is 3.82. The first-order valence-corrected chi connectivity index (χ1v) is 8.05. The summed E-state index contributed by atoms with van der Waals surface area (Å²) in [6.45, 7) is 4.70. The van der Waals surface area contributed by atoms with E-state index in [-0.39, 0.29) is 23.7 Å². The number of nitrogens with two attached hydrogens (primary N) is 1. The van der Waals surface area contributed by atoms with Crippen LogP contribution in [-0.4, -0.2) is 18.0 Å². The van der Waals surface area contributed by atoms with Crippen molar-refractivity contribution >= 4 is 29.9 Å². The van der Waals surface area contributed by atoms with Crippen LogP contribution in [0.1, 0.15) is 51.5 Å². The van der Waals surface area contributed by atoms with Gasteiger partial charge < -0.3 is 11.1 Å². The molecule has 2 rings (SSSR count). The molecule has 1 amide bonds. The highest BCUT2D eigenvalue weighted by Gasteiger charge is 2.36. The highest BCUT2D eigenvalue weighted by atomic mass is 35.5. The SMILES string of the molecule is CC(C)(CNC(=O)C1(N)CCCCC1)c1ccccc1Cl.Cl. The Bertz CT molecular complexity index is 511. The minimum atomic E-state index is -0.686. The molecular weight excluding hydrogens is 319 g/mol. The lowest BCUT2D eigenvalue weighted by atomic mass is 9.80. The van der Waals surface area contributed by atoms with Gasteiger partial charge in [0.1, 0.15) is 0 Å². The second-order valence-corrected chi connectivity index (χ2v) is 7.17. The van der Waals surface area contributed by atoms with Crippen molar-refractivity contribution in [2.75, 3.05) is 6.54 Å². The van der Waals surface area contributed by atoms with E-state index in [2.05, 4.69) is 19.2 Å². The monoisotopic (exact) mass is 344 g/mol. The molecule has 0 spiro atoms. The van der Waals surface area contributed by atoms with E-state index in [1.165, 1.54) is 6.42 Å². The average molecular weight is 345 g/mol. The Labute approximate surface area is 144 Å². The molecule has 1 aliphatic rings. The second-order valence-electron chi connectivity index (χ2n) is 6.76. The lowest BCUT2D eigenvalue weighted by Gasteiger charge is -2.34. The van der Waals surface area contributed by atoms with E-state index in [9.17, 15) is 4.79 Å². The summed E-state index contributed by atoms with van der Waals surface area (Å²) in [5, 5.41) is 3.77. The maximum Gasteiger partial charge on any atom is 0.240 e. The van der Waals surface area contributed by atoms with Gasteiger partial charge in [-0.25, -0.2) is 0 Å². The Hall–Kier alpha value is -0.770. The summed E-state index contributed by atoms with van der Waals surface area (Å²) < 4.78 is 0. The average Bonchev–Trinajstić information content (AvgIpc) is 2.46. The summed E-state index contributed by atoms with van der Waals surface area (Å²) in [5.41, 5.74) is 6.40. The molecule has 1 aromatic rings. The molecule has 0 unspecified atom stereocenters. The van der Waals surface area contributed by atoms with Crippen molar-refractivity contribution in [3.05, 3.63) is 34.9 Å². The van der Waals surface area contributed by atoms with E-state index >= 15 is 0 Å². The first-order valence-electron chi connectivity index (χ1n) is 7.67. The highest BCUT2D eigenvalue weighted by Crippen LogP contribution is 2.30. The Morgan fingerprint density at radius 1 is 1.27 bits per heavy atom. The molecule has 0 aromatic heterocycles. The van der Waals surface area contributed by atoms with Gasteiger partial charge >= 0.3 is 0 Å². The number of hydrogen-bond donors (Lipinski definition) is 2. The zero-order valence-electron chi connectivity index (χ0n) is 13.3. The van der Waals surface area contributed by atoms with Crippen LogP contribution in [-0.2, 0) is 10.2 Å². The maximum atomic E-state index is 12.4. The van der Waals surface area contributed by atoms with Gasteiger partial charge in [-0.15, -0.1) is 12.4 Å². The fourth-order valence-electron chi connectivity index (χ4n) is 2.99. The van der Waals surface area contributed by atoms with E-state index in [0.29, 0.717) is 6.54 Å². The van der Waals surface area contributed by atoms with E-state index in [1.54, 1.807) is 0 Å². The molecular formula is C17H26Cl2N2O. The normalized spacial score (nSPS) is 17.5. The number of halogens is 2. The van der Waals surface area contributed by atoms with E-state index < -0.39 is 5.54 Å². The summed E-state index contributed by atoms with van der Waals surface area (Å²) in [6.07, 6.45) is 4.82. The van der Waals surface area contributed by atoms with E-state index in [4.69, 9.17) is 17.3 Å². The van der Waals surface area contributed by atoms with Crippen LogP contribution in [0.5, 0.6) is 0 Å². The molecule has 1 saturated carbocycles. The van der Waals surface area contributed by atoms with Crippen molar-refractivity contribution in [3.8, 4) is 0 Å². The van der Waals surface area contributed by atoms with Gasteiger partial charge in [0.15, 0.2) is 0 Å². The van der Waals surface area contributed by atoms with Crippen LogP contribution >= 0.6 is 24.0 Å². The van der Waals surface area contributed by atoms with Crippen molar-refractivity contribution in [3.63, 3.8) is 0 Å². The molecule has 1 fully saturated rings. The Morgan fingerprint density at radius 2 is 1.86 bits per heavy atom. The van der Waals surface area contributed by atoms with Crippen molar-refractivity contribution in [1.82, 2.24) is 5.32 Å². The minimum absolute atomic E-state index is 0. The van der Waals surface area contributed by atoms with Gasteiger partial charge in [-0.1, -0.05) is 62.9 Å². The van der Waals surface area contributed by atoms with Gasteiger partial charge in [0.2, 0.25) is 5.91 Å². The number of hydrogen-bond acceptors (Lipinski definition) is 2. The van der Waals surface area contributed by atoms with Crippen LogP contribution in [0.3, 0.4) is 0 Å². The molecule has 0 saturated heterocycles. The molecule has 0 atom stereocenters. The molecule has 1 aromatic carbocycles. The minimum Gasteiger partial charge on any atom is -0.354 e. The third-order valence-corrected chi connectivity index (χ3v) is 4.82. The summed E-state index contributed by atoms with van der Waals surface area (Å²) in [6, 6.07) is 7.77. The maximum absolute atomic E-state index is 12.4. The van der Waals surface area contributed by atoms with Crippen LogP contribution < -0.4 is 11.1 Å². The van der Waals surface area contributed by atoms with Gasteiger partial charge in [-0.2, -0.15) is 0 Å². The number of rotatable bonds is 4. The quantitative estimate of drug-likeness (QED) is 0.872. The Kier molecular flexibility index (Phi) is 6.72. The number of carbonyl (C=O) groups excluding carboxylic acids is 1. The summed E-state index contributed by atoms with van der Waals surface area (Å²) in [7, 11) is 0. The van der Waals surface area contributed by atoms with Gasteiger partial charge in [-0.3, -0.25) is 4.79 Å². The third kappa shape index (κ3) is 4.37. The lowest BCUT2D eigenvalue weighted by Crippen LogP contribution is -2.56. The fraction of sp³-hybridized carbons (Fsp3) is 0.588. The Balaban J connectivity index is 0.00000242. The van der Waals surface area contributed by atoms with Crippen LogP contribution in [0.2, 0.25) is 5.02 Å². The van der Waals surface area contributed by atoms with Gasteiger partial charge in [0, 0.05) is 17.0 Å². The molecule has 3 nitrogen and oxygen atoms in total. The van der Waals surface area contributed by atoms with Crippen LogP contribution in [0.25, 0.3) is 0 Å². The lowest BCUT2D eigenvalue weighted by molar-refractivity contribution is -0.127. The topological polar surface area (TPSA) is 55.1 Å². The van der Waals surface area contributed by atoms with Crippen LogP contribution in [0.15, 0.2) is 24.3 Å². The molecule has 0 bridgehead atoms. The molecule has 22 heavy (non-hydrogen) atoms. The second kappa shape index (κ2) is 7.67. The highest BCUT2D eigenvalue weighted by molar-refractivity contribution is 6.31. The number of amides is 1. The van der Waals surface area contributed by atoms with Crippen molar-refractivity contribution in [1.29, 1.82) is 0 Å². The summed E-state index contributed by atoms with van der Waals surface area (Å²) in [4.78, 5) is 12.4. The standard InChI is InChI=1S/C17H25ClN2O.ClH/c1-16(2,13-8-4-5-9-14(13)18)12-20-15(21)17(19)10-6-3-7-11-17;/h4-5,8-9H,3,6-7,10-12,19H2,1-2H3,(H,20,21);1H. The third-order valence-electron chi connectivity index (χ3n) is 4.49. The van der Waals surface area contributed by atoms with Crippen LogP contribution in [0, 0.1) is 0 Å². The molecule has 0 aliphatic heterocycles. The first-order chi connectivity index (χ1) is 9.85. The molecule has 5 heteroatoms. The molecule has 3 N–H and O–H groups in total. The predicted molar refractivity (Wildman–Crippen MR) is 94.7 cm³/mol. The van der Waals surface area contributed by atoms with Gasteiger partial charge in [0.25, 0.3) is 0 Å². The Morgan fingerprint density at radius 3 is 2.45 bits per heavy atom. The van der Waals surface area contributed by atoms with Crippen molar-refractivity contribution < 1.29 is 4.79 Å². The summed E-state index contributed by atoms with van der Waals surface area (Å²) in [5.74, 6) is -0.0256. The zero-order chi connectivity index (χ0) is 15.5. The van der Waals surface area contributed by atoms with E-state index in [1.807, 2.05) is 24.3 Å². The molecule has 0 heterocycles.